The molecule has 12 nitrogen and oxygen atoms in total. The average Bonchev–Trinajstić information content (AvgIpc) is 3.24. The number of carbonyl (C=O) groups is 1. The van der Waals surface area contributed by atoms with Crippen molar-refractivity contribution in [2.24, 2.45) is 7.05 Å². The summed E-state index contributed by atoms with van der Waals surface area (Å²) in [4.78, 5) is 22.5. The van der Waals surface area contributed by atoms with Gasteiger partial charge in [0.05, 0.1) is 17.7 Å². The third-order valence-electron chi connectivity index (χ3n) is 4.61. The van der Waals surface area contributed by atoms with Crippen LogP contribution in [0.4, 0.5) is 5.69 Å². The van der Waals surface area contributed by atoms with Crippen molar-refractivity contribution in [1.29, 1.82) is 0 Å². The van der Waals surface area contributed by atoms with Crippen molar-refractivity contribution in [3.05, 3.63) is 64.2 Å². The highest BCUT2D eigenvalue weighted by Crippen LogP contribution is 2.33. The van der Waals surface area contributed by atoms with E-state index < -0.39 is 26.5 Å². The fraction of sp³-hybridized carbons (Fsp3) is 0.263. The number of non-ortho nitro benzene ring substituents is 1. The molecule has 13 heteroatoms. The molecular weight excluding hydrogens is 442 g/mol. The van der Waals surface area contributed by atoms with Crippen LogP contribution in [0.1, 0.15) is 29.1 Å². The van der Waals surface area contributed by atoms with Crippen LogP contribution in [0.3, 0.4) is 0 Å². The first-order valence-corrected chi connectivity index (χ1v) is 11.0. The van der Waals surface area contributed by atoms with Crippen LogP contribution in [0, 0.1) is 10.1 Å². The standard InChI is InChI=1S/C19H19N5O7S/c1-23-18(10-15(21-23)19(25)20-11-14-3-2-8-30-14)31-16-7-6-13(24(26)27)9-17(16)32(28,29)22-12-4-5-12/h2-3,6-10,12,22H,4-5,11H2,1H3,(H,20,25). The zero-order chi connectivity index (χ0) is 22.9. The Balaban J connectivity index is 1.58. The monoisotopic (exact) mass is 461 g/mol. The zero-order valence-electron chi connectivity index (χ0n) is 16.8. The fourth-order valence-corrected chi connectivity index (χ4v) is 4.28. The van der Waals surface area contributed by atoms with E-state index in [4.69, 9.17) is 9.15 Å². The number of aromatic nitrogens is 2. The smallest absolute Gasteiger partial charge is 0.272 e. The molecule has 1 saturated carbocycles. The number of nitro benzene ring substituents is 1. The topological polar surface area (TPSA) is 159 Å². The second kappa shape index (κ2) is 8.43. The SMILES string of the molecule is Cn1nc(C(=O)NCc2ccco2)cc1Oc1ccc([N+](=O)[O-])cc1S(=O)(=O)NC1CC1. The number of ether oxygens (including phenoxy) is 1. The van der Waals surface area contributed by atoms with Gasteiger partial charge in [0.25, 0.3) is 11.6 Å². The molecule has 2 N–H and O–H groups in total. The Kier molecular flexibility index (Phi) is 5.67. The predicted octanol–water partition coefficient (Wildman–Crippen LogP) is 2.08. The molecule has 2 heterocycles. The molecule has 32 heavy (non-hydrogen) atoms. The quantitative estimate of drug-likeness (QED) is 0.362. The number of furan rings is 1. The number of rotatable bonds is 9. The first-order valence-electron chi connectivity index (χ1n) is 9.56. The molecule has 1 aliphatic carbocycles. The lowest BCUT2D eigenvalue weighted by Crippen LogP contribution is -2.26. The first kappa shape index (κ1) is 21.5. The summed E-state index contributed by atoms with van der Waals surface area (Å²) in [7, 11) is -2.54. The Morgan fingerprint density at radius 3 is 2.78 bits per heavy atom. The number of hydrogen-bond acceptors (Lipinski definition) is 8. The predicted molar refractivity (Wildman–Crippen MR) is 110 cm³/mol. The van der Waals surface area contributed by atoms with Crippen molar-refractivity contribution < 1.29 is 27.3 Å². The average molecular weight is 461 g/mol. The van der Waals surface area contributed by atoms with Crippen molar-refractivity contribution in [3.63, 3.8) is 0 Å². The van der Waals surface area contributed by atoms with Gasteiger partial charge in [-0.2, -0.15) is 5.10 Å². The Morgan fingerprint density at radius 2 is 2.12 bits per heavy atom. The molecule has 0 radical (unpaired) electrons. The van der Waals surface area contributed by atoms with Crippen LogP contribution in [0.5, 0.6) is 11.6 Å². The summed E-state index contributed by atoms with van der Waals surface area (Å²) >= 11 is 0. The van der Waals surface area contributed by atoms with Crippen LogP contribution >= 0.6 is 0 Å². The van der Waals surface area contributed by atoms with E-state index in [1.165, 1.54) is 30.1 Å². The van der Waals surface area contributed by atoms with E-state index in [2.05, 4.69) is 15.1 Å². The lowest BCUT2D eigenvalue weighted by molar-refractivity contribution is -0.385. The van der Waals surface area contributed by atoms with Crippen LogP contribution in [0.15, 0.2) is 52.0 Å². The van der Waals surface area contributed by atoms with E-state index in [1.54, 1.807) is 12.1 Å². The number of nitrogens with zero attached hydrogens (tertiary/aromatic N) is 3. The lowest BCUT2D eigenvalue weighted by atomic mass is 10.3. The summed E-state index contributed by atoms with van der Waals surface area (Å²) in [5.41, 5.74) is -0.354. The fourth-order valence-electron chi connectivity index (χ4n) is 2.83. The van der Waals surface area contributed by atoms with Gasteiger partial charge in [0.2, 0.25) is 15.9 Å². The maximum Gasteiger partial charge on any atom is 0.272 e. The van der Waals surface area contributed by atoms with Gasteiger partial charge in [-0.15, -0.1) is 0 Å². The Hall–Kier alpha value is -3.71. The van der Waals surface area contributed by atoms with Crippen molar-refractivity contribution >= 4 is 21.6 Å². The van der Waals surface area contributed by atoms with Gasteiger partial charge in [-0.05, 0) is 31.0 Å². The van der Waals surface area contributed by atoms with Gasteiger partial charge < -0.3 is 14.5 Å². The highest BCUT2D eigenvalue weighted by Gasteiger charge is 2.31. The molecule has 0 spiro atoms. The molecule has 4 rings (SSSR count). The van der Waals surface area contributed by atoms with E-state index in [9.17, 15) is 23.3 Å². The van der Waals surface area contributed by atoms with E-state index in [0.29, 0.717) is 18.6 Å². The summed E-state index contributed by atoms with van der Waals surface area (Å²) < 4.78 is 40.1. The molecule has 3 aromatic rings. The molecular formula is C19H19N5O7S. The van der Waals surface area contributed by atoms with Gasteiger partial charge in [-0.1, -0.05) is 0 Å². The molecule has 1 aliphatic rings. The van der Waals surface area contributed by atoms with E-state index in [-0.39, 0.29) is 34.8 Å². The number of hydrogen-bond donors (Lipinski definition) is 2. The second-order valence-electron chi connectivity index (χ2n) is 7.14. The molecule has 168 valence electrons. The maximum atomic E-state index is 12.8. The third kappa shape index (κ3) is 4.78. The molecule has 1 amide bonds. The number of nitrogens with one attached hydrogen (secondary N) is 2. The molecule has 0 unspecified atom stereocenters. The summed E-state index contributed by atoms with van der Waals surface area (Å²) in [5, 5.41) is 17.9. The van der Waals surface area contributed by atoms with Crippen LogP contribution in [-0.4, -0.2) is 35.1 Å². The largest absolute Gasteiger partial charge is 0.467 e. The molecule has 1 fully saturated rings. The van der Waals surface area contributed by atoms with E-state index in [1.807, 2.05) is 0 Å². The highest BCUT2D eigenvalue weighted by atomic mass is 32.2. The highest BCUT2D eigenvalue weighted by molar-refractivity contribution is 7.89. The minimum absolute atomic E-state index is 0.0384. The minimum atomic E-state index is -4.06. The molecule has 0 saturated heterocycles. The summed E-state index contributed by atoms with van der Waals surface area (Å²) in [6.45, 7) is 0.163. The molecule has 0 atom stereocenters. The first-order chi connectivity index (χ1) is 15.2. The summed E-state index contributed by atoms with van der Waals surface area (Å²) in [6, 6.07) is 7.81. The Labute approximate surface area is 182 Å². The molecule has 1 aromatic carbocycles. The van der Waals surface area contributed by atoms with Gasteiger partial charge in [0.1, 0.15) is 16.4 Å². The lowest BCUT2D eigenvalue weighted by Gasteiger charge is -2.12. The van der Waals surface area contributed by atoms with Gasteiger partial charge in [-0.3, -0.25) is 14.9 Å². The van der Waals surface area contributed by atoms with Crippen LogP contribution < -0.4 is 14.8 Å². The van der Waals surface area contributed by atoms with Gasteiger partial charge in [-0.25, -0.2) is 17.8 Å². The third-order valence-corrected chi connectivity index (χ3v) is 6.16. The van der Waals surface area contributed by atoms with Gasteiger partial charge >= 0.3 is 0 Å². The summed E-state index contributed by atoms with van der Waals surface area (Å²) in [6.07, 6.45) is 2.88. The number of carbonyl (C=O) groups excluding carboxylic acids is 1. The molecule has 0 aliphatic heterocycles. The maximum absolute atomic E-state index is 12.8. The number of nitro groups is 1. The number of amides is 1. The molecule has 0 bridgehead atoms. The number of aryl methyl sites for hydroxylation is 1. The Bertz CT molecular complexity index is 1260. The van der Waals surface area contributed by atoms with Crippen LogP contribution in [0.25, 0.3) is 0 Å². The van der Waals surface area contributed by atoms with Crippen LogP contribution in [-0.2, 0) is 23.6 Å². The Morgan fingerprint density at radius 1 is 1.34 bits per heavy atom. The normalized spacial score (nSPS) is 13.7. The van der Waals surface area contributed by atoms with Gasteiger partial charge in [0.15, 0.2) is 5.69 Å². The zero-order valence-corrected chi connectivity index (χ0v) is 17.7. The number of benzene rings is 1. The van der Waals surface area contributed by atoms with Crippen LogP contribution in [0.2, 0.25) is 0 Å². The minimum Gasteiger partial charge on any atom is -0.467 e. The van der Waals surface area contributed by atoms with Crippen molar-refractivity contribution in [2.45, 2.75) is 30.3 Å². The number of sulfonamides is 1. The van der Waals surface area contributed by atoms with E-state index in [0.717, 1.165) is 12.1 Å². The second-order valence-corrected chi connectivity index (χ2v) is 8.82. The summed E-state index contributed by atoms with van der Waals surface area (Å²) in [5.74, 6) is 0.0209. The van der Waals surface area contributed by atoms with Crippen molar-refractivity contribution in [3.8, 4) is 11.6 Å². The van der Waals surface area contributed by atoms with Crippen molar-refractivity contribution in [2.75, 3.05) is 0 Å². The van der Waals surface area contributed by atoms with Gasteiger partial charge in [0, 0.05) is 31.3 Å². The molecule has 2 aromatic heterocycles. The van der Waals surface area contributed by atoms with Crippen molar-refractivity contribution in [1.82, 2.24) is 19.8 Å². The van der Waals surface area contributed by atoms with E-state index >= 15 is 0 Å².